The van der Waals surface area contributed by atoms with Crippen molar-refractivity contribution in [2.45, 2.75) is 30.9 Å². The van der Waals surface area contributed by atoms with Crippen molar-refractivity contribution in [1.29, 1.82) is 0 Å². The largest absolute Gasteiger partial charge is 0.297 e. The van der Waals surface area contributed by atoms with Crippen LogP contribution in [-0.2, 0) is 0 Å². The van der Waals surface area contributed by atoms with Crippen LogP contribution in [0.1, 0.15) is 29.1 Å². The second kappa shape index (κ2) is 4.10. The highest BCUT2D eigenvalue weighted by atomic mass is 32.2. The molecule has 12 heavy (non-hydrogen) atoms. The molecule has 66 valence electrons. The summed E-state index contributed by atoms with van der Waals surface area (Å²) in [6.07, 6.45) is 0.935. The summed E-state index contributed by atoms with van der Waals surface area (Å²) in [6.45, 7) is 6.32. The van der Waals surface area contributed by atoms with E-state index in [0.29, 0.717) is 5.25 Å². The fourth-order valence-electron chi connectivity index (χ4n) is 0.901. The van der Waals surface area contributed by atoms with E-state index in [1.807, 2.05) is 18.7 Å². The first-order valence-electron chi connectivity index (χ1n) is 3.85. The first-order chi connectivity index (χ1) is 5.65. The third-order valence-corrected chi connectivity index (χ3v) is 3.81. The van der Waals surface area contributed by atoms with E-state index in [0.717, 1.165) is 16.7 Å². The van der Waals surface area contributed by atoms with Gasteiger partial charge in [0.25, 0.3) is 0 Å². The van der Waals surface area contributed by atoms with Gasteiger partial charge in [0.2, 0.25) is 0 Å². The highest BCUT2D eigenvalue weighted by Gasteiger charge is 2.07. The lowest BCUT2D eigenvalue weighted by atomic mass is 10.3. The Morgan fingerprint density at radius 1 is 1.58 bits per heavy atom. The zero-order valence-corrected chi connectivity index (χ0v) is 9.09. The van der Waals surface area contributed by atoms with Crippen LogP contribution in [0.5, 0.6) is 0 Å². The van der Waals surface area contributed by atoms with E-state index in [1.54, 1.807) is 0 Å². The number of thioether (sulfide) groups is 1. The molecule has 0 aromatic carbocycles. The molecule has 0 bridgehead atoms. The summed E-state index contributed by atoms with van der Waals surface area (Å²) in [7, 11) is 0. The van der Waals surface area contributed by atoms with Gasteiger partial charge in [0.05, 0.1) is 4.88 Å². The molecular formula is C9H12OS2. The maximum absolute atomic E-state index is 10.5. The van der Waals surface area contributed by atoms with Crippen molar-refractivity contribution in [2.75, 3.05) is 0 Å². The number of carbonyl (C=O) groups excluding carboxylic acids is 1. The molecule has 1 aromatic rings. The molecule has 1 heterocycles. The molecule has 1 nitrogen and oxygen atoms in total. The molecule has 1 aromatic heterocycles. The second-order valence-electron chi connectivity index (χ2n) is 2.87. The molecule has 0 aliphatic rings. The molecule has 0 aliphatic heterocycles. The van der Waals surface area contributed by atoms with Crippen molar-refractivity contribution in [3.8, 4) is 0 Å². The minimum absolute atomic E-state index is 0.581. The zero-order chi connectivity index (χ0) is 9.14. The van der Waals surface area contributed by atoms with Crippen LogP contribution in [0, 0.1) is 6.92 Å². The van der Waals surface area contributed by atoms with Crippen LogP contribution in [0.4, 0.5) is 0 Å². The van der Waals surface area contributed by atoms with E-state index in [1.165, 1.54) is 16.2 Å². The molecule has 0 radical (unpaired) electrons. The minimum Gasteiger partial charge on any atom is -0.297 e. The lowest BCUT2D eigenvalue weighted by Gasteiger charge is -2.02. The van der Waals surface area contributed by atoms with Gasteiger partial charge in [-0.05, 0) is 12.5 Å². The van der Waals surface area contributed by atoms with Gasteiger partial charge in [0.15, 0.2) is 6.29 Å². The number of rotatable bonds is 3. The van der Waals surface area contributed by atoms with Gasteiger partial charge >= 0.3 is 0 Å². The van der Waals surface area contributed by atoms with E-state index in [2.05, 4.69) is 19.2 Å². The van der Waals surface area contributed by atoms with Crippen LogP contribution in [0.2, 0.25) is 0 Å². The van der Waals surface area contributed by atoms with Crippen LogP contribution in [-0.4, -0.2) is 11.5 Å². The van der Waals surface area contributed by atoms with Crippen LogP contribution in [0.15, 0.2) is 10.3 Å². The SMILES string of the molecule is Cc1c(SC(C)C)csc1C=O. The predicted molar refractivity (Wildman–Crippen MR) is 55.4 cm³/mol. The van der Waals surface area contributed by atoms with E-state index in [9.17, 15) is 4.79 Å². The molecule has 0 N–H and O–H groups in total. The summed E-state index contributed by atoms with van der Waals surface area (Å²) in [6, 6.07) is 0. The van der Waals surface area contributed by atoms with Crippen molar-refractivity contribution < 1.29 is 4.79 Å². The zero-order valence-electron chi connectivity index (χ0n) is 7.46. The first-order valence-corrected chi connectivity index (χ1v) is 5.61. The van der Waals surface area contributed by atoms with Crippen molar-refractivity contribution in [1.82, 2.24) is 0 Å². The molecule has 0 fully saturated rings. The monoisotopic (exact) mass is 200 g/mol. The van der Waals surface area contributed by atoms with E-state index in [-0.39, 0.29) is 0 Å². The summed E-state index contributed by atoms with van der Waals surface area (Å²) in [5, 5.41) is 2.64. The number of carbonyl (C=O) groups is 1. The van der Waals surface area contributed by atoms with Gasteiger partial charge in [0.1, 0.15) is 0 Å². The van der Waals surface area contributed by atoms with E-state index >= 15 is 0 Å². The highest BCUT2D eigenvalue weighted by Crippen LogP contribution is 2.31. The second-order valence-corrected chi connectivity index (χ2v) is 5.40. The molecule has 0 amide bonds. The van der Waals surface area contributed by atoms with Gasteiger partial charge in [-0.25, -0.2) is 0 Å². The Morgan fingerprint density at radius 2 is 2.25 bits per heavy atom. The molecule has 0 unspecified atom stereocenters. The smallest absolute Gasteiger partial charge is 0.160 e. The highest BCUT2D eigenvalue weighted by molar-refractivity contribution is 8.00. The molecule has 3 heteroatoms. The maximum Gasteiger partial charge on any atom is 0.160 e. The Hall–Kier alpha value is -0.280. The fraction of sp³-hybridized carbons (Fsp3) is 0.444. The standard InChI is InChI=1S/C9H12OS2/c1-6(2)12-9-5-11-8(4-10)7(9)3/h4-6H,1-3H3. The van der Waals surface area contributed by atoms with Gasteiger partial charge < -0.3 is 0 Å². The minimum atomic E-state index is 0.581. The number of hydrogen-bond acceptors (Lipinski definition) is 3. The maximum atomic E-state index is 10.5. The van der Waals surface area contributed by atoms with Gasteiger partial charge in [-0.2, -0.15) is 0 Å². The fourth-order valence-corrected chi connectivity index (χ4v) is 2.88. The molecule has 1 rings (SSSR count). The number of aldehydes is 1. The van der Waals surface area contributed by atoms with E-state index < -0.39 is 0 Å². The summed E-state index contributed by atoms with van der Waals surface area (Å²) < 4.78 is 0. The van der Waals surface area contributed by atoms with Crippen LogP contribution < -0.4 is 0 Å². The van der Waals surface area contributed by atoms with Gasteiger partial charge in [-0.15, -0.1) is 23.1 Å². The third-order valence-electron chi connectivity index (χ3n) is 1.50. The predicted octanol–water partition coefficient (Wildman–Crippen LogP) is 3.37. The average molecular weight is 200 g/mol. The molecule has 0 saturated carbocycles. The number of thiophene rings is 1. The van der Waals surface area contributed by atoms with Crippen molar-refractivity contribution in [2.24, 2.45) is 0 Å². The van der Waals surface area contributed by atoms with Gasteiger partial charge in [0, 0.05) is 15.5 Å². The summed E-state index contributed by atoms with van der Waals surface area (Å²) in [5.41, 5.74) is 1.13. The lowest BCUT2D eigenvalue weighted by Crippen LogP contribution is -1.86. The molecule has 0 spiro atoms. The Kier molecular flexibility index (Phi) is 3.35. The quantitative estimate of drug-likeness (QED) is 0.549. The summed E-state index contributed by atoms with van der Waals surface area (Å²) in [5.74, 6) is 0. The van der Waals surface area contributed by atoms with Crippen molar-refractivity contribution in [3.05, 3.63) is 15.8 Å². The normalized spacial score (nSPS) is 10.7. The van der Waals surface area contributed by atoms with Gasteiger partial charge in [-0.3, -0.25) is 4.79 Å². The Balaban J connectivity index is 2.86. The van der Waals surface area contributed by atoms with Crippen LogP contribution >= 0.6 is 23.1 Å². The average Bonchev–Trinajstić information content (AvgIpc) is 2.32. The molecular weight excluding hydrogens is 188 g/mol. The van der Waals surface area contributed by atoms with Gasteiger partial charge in [-0.1, -0.05) is 13.8 Å². The van der Waals surface area contributed by atoms with Crippen molar-refractivity contribution in [3.63, 3.8) is 0 Å². The Morgan fingerprint density at radius 3 is 2.67 bits per heavy atom. The Bertz CT molecular complexity index is 276. The third kappa shape index (κ3) is 2.11. The molecule has 0 atom stereocenters. The lowest BCUT2D eigenvalue weighted by molar-refractivity contribution is 0.112. The Labute approximate surface area is 81.2 Å². The van der Waals surface area contributed by atoms with Crippen molar-refractivity contribution >= 4 is 29.4 Å². The number of hydrogen-bond donors (Lipinski definition) is 0. The summed E-state index contributed by atoms with van der Waals surface area (Å²) >= 11 is 3.34. The topological polar surface area (TPSA) is 17.1 Å². The van der Waals surface area contributed by atoms with E-state index in [4.69, 9.17) is 0 Å². The summed E-state index contributed by atoms with van der Waals surface area (Å²) in [4.78, 5) is 12.6. The van der Waals surface area contributed by atoms with Crippen LogP contribution in [0.25, 0.3) is 0 Å². The van der Waals surface area contributed by atoms with Crippen LogP contribution in [0.3, 0.4) is 0 Å². The first kappa shape index (κ1) is 9.81. The molecule has 0 aliphatic carbocycles. The molecule has 0 saturated heterocycles.